The molecule has 0 rings (SSSR count). The molecule has 2 atom stereocenters. The van der Waals surface area contributed by atoms with Crippen LogP contribution in [0.5, 0.6) is 0 Å². The second-order valence-electron chi connectivity index (χ2n) is 17.1. The van der Waals surface area contributed by atoms with Crippen molar-refractivity contribution in [1.29, 1.82) is 0 Å². The van der Waals surface area contributed by atoms with Gasteiger partial charge in [-0.1, -0.05) is 180 Å². The molecule has 0 bridgehead atoms. The molecule has 332 valence electrons. The van der Waals surface area contributed by atoms with Crippen LogP contribution in [0.1, 0.15) is 219 Å². The first-order chi connectivity index (χ1) is 27.0. The molecule has 10 heteroatoms. The van der Waals surface area contributed by atoms with Crippen LogP contribution in [-0.2, 0) is 32.7 Å². The van der Waals surface area contributed by atoms with Crippen LogP contribution in [0.2, 0.25) is 0 Å². The average molecular weight is 816 g/mol. The Hall–Kier alpha value is -1.25. The van der Waals surface area contributed by atoms with Gasteiger partial charge in [0.2, 0.25) is 0 Å². The SMILES string of the molecule is CCCCC/C=C/CCCCCCCCCCC(=O)OC(COC(=O)CCCCCCCCCCCCCCCCCCC)COP(=O)([O-])OCC[N+](C)(C)C. The van der Waals surface area contributed by atoms with Crippen molar-refractivity contribution in [3.8, 4) is 0 Å². The molecule has 0 heterocycles. The normalized spacial score (nSPS) is 13.6. The van der Waals surface area contributed by atoms with Gasteiger partial charge in [0.25, 0.3) is 7.82 Å². The standard InChI is InChI=1S/C46H90NO8P/c1-6-8-10-12-14-16-18-20-22-23-25-26-28-30-32-34-36-38-45(48)52-42-44(43-54-56(50,51)53-41-40-47(3,4)5)55-46(49)39-37-35-33-31-29-27-24-21-19-17-15-13-11-9-7-2/h15,17,44H,6-14,16,18-43H2,1-5H3/b17-15+. The monoisotopic (exact) mass is 816 g/mol. The minimum absolute atomic E-state index is 0.0282. The minimum atomic E-state index is -4.62. The van der Waals surface area contributed by atoms with Crippen molar-refractivity contribution in [2.24, 2.45) is 0 Å². The predicted octanol–water partition coefficient (Wildman–Crippen LogP) is 12.7. The lowest BCUT2D eigenvalue weighted by Crippen LogP contribution is -2.37. The highest BCUT2D eigenvalue weighted by atomic mass is 31.2. The molecular formula is C46H90NO8P. The van der Waals surface area contributed by atoms with Gasteiger partial charge in [-0.25, -0.2) is 0 Å². The van der Waals surface area contributed by atoms with Crippen LogP contribution in [-0.4, -0.2) is 70.0 Å². The number of hydrogen-bond acceptors (Lipinski definition) is 8. The lowest BCUT2D eigenvalue weighted by atomic mass is 10.0. The van der Waals surface area contributed by atoms with Gasteiger partial charge in [0.1, 0.15) is 19.8 Å². The molecule has 9 nitrogen and oxygen atoms in total. The average Bonchev–Trinajstić information content (AvgIpc) is 3.15. The van der Waals surface area contributed by atoms with Crippen molar-refractivity contribution in [3.63, 3.8) is 0 Å². The summed E-state index contributed by atoms with van der Waals surface area (Å²) in [6.45, 7) is 4.24. The first-order valence-corrected chi connectivity index (χ1v) is 24.9. The van der Waals surface area contributed by atoms with E-state index >= 15 is 0 Å². The Bertz CT molecular complexity index is 969. The molecule has 2 unspecified atom stereocenters. The number of unbranched alkanes of at least 4 members (excludes halogenated alkanes) is 27. The Kier molecular flexibility index (Phi) is 38.3. The van der Waals surface area contributed by atoms with Crippen LogP contribution in [0.25, 0.3) is 0 Å². The van der Waals surface area contributed by atoms with Gasteiger partial charge in [-0.2, -0.15) is 0 Å². The molecule has 0 N–H and O–H groups in total. The Balaban J connectivity index is 4.28. The zero-order chi connectivity index (χ0) is 41.4. The van der Waals surface area contributed by atoms with Crippen LogP contribution >= 0.6 is 7.82 Å². The number of rotatable bonds is 43. The van der Waals surface area contributed by atoms with Gasteiger partial charge in [0.05, 0.1) is 27.7 Å². The summed E-state index contributed by atoms with van der Waals surface area (Å²) < 4.78 is 34.0. The van der Waals surface area contributed by atoms with E-state index in [0.717, 1.165) is 38.5 Å². The topological polar surface area (TPSA) is 111 Å². The summed E-state index contributed by atoms with van der Waals surface area (Å²) in [6, 6.07) is 0. The number of hydrogen-bond donors (Lipinski definition) is 0. The number of allylic oxidation sites excluding steroid dienone is 2. The summed E-state index contributed by atoms with van der Waals surface area (Å²) in [5.41, 5.74) is 0. The van der Waals surface area contributed by atoms with Crippen molar-refractivity contribution in [3.05, 3.63) is 12.2 Å². The molecule has 0 aromatic rings. The molecule has 0 fully saturated rings. The van der Waals surface area contributed by atoms with Crippen LogP contribution in [0.4, 0.5) is 0 Å². The zero-order valence-corrected chi connectivity index (χ0v) is 38.2. The van der Waals surface area contributed by atoms with Crippen molar-refractivity contribution in [1.82, 2.24) is 0 Å². The first kappa shape index (κ1) is 54.8. The quantitative estimate of drug-likeness (QED) is 0.0197. The maximum absolute atomic E-state index is 12.7. The van der Waals surface area contributed by atoms with E-state index in [1.807, 2.05) is 21.1 Å². The van der Waals surface area contributed by atoms with Crippen LogP contribution < -0.4 is 4.89 Å². The highest BCUT2D eigenvalue weighted by Crippen LogP contribution is 2.38. The van der Waals surface area contributed by atoms with Crippen molar-refractivity contribution < 1.29 is 42.1 Å². The number of likely N-dealkylation sites (N-methyl/N-ethyl adjacent to an activating group) is 1. The fourth-order valence-electron chi connectivity index (χ4n) is 6.59. The fourth-order valence-corrected chi connectivity index (χ4v) is 7.32. The van der Waals surface area contributed by atoms with Crippen molar-refractivity contribution in [2.75, 3.05) is 47.5 Å². The molecular weight excluding hydrogens is 725 g/mol. The molecule has 0 radical (unpaired) electrons. The molecule has 0 spiro atoms. The number of quaternary nitrogens is 1. The molecule has 0 saturated carbocycles. The molecule has 56 heavy (non-hydrogen) atoms. The van der Waals surface area contributed by atoms with Crippen LogP contribution in [0.15, 0.2) is 12.2 Å². The second-order valence-corrected chi connectivity index (χ2v) is 18.5. The van der Waals surface area contributed by atoms with Crippen molar-refractivity contribution in [2.45, 2.75) is 225 Å². The maximum Gasteiger partial charge on any atom is 0.306 e. The molecule has 0 saturated heterocycles. The van der Waals surface area contributed by atoms with Crippen molar-refractivity contribution >= 4 is 19.8 Å². The number of carbonyl (C=O) groups excluding carboxylic acids is 2. The van der Waals surface area contributed by atoms with Gasteiger partial charge in [-0.3, -0.25) is 14.2 Å². The molecule has 0 aliphatic carbocycles. The van der Waals surface area contributed by atoms with E-state index in [9.17, 15) is 19.0 Å². The summed E-state index contributed by atoms with van der Waals surface area (Å²) >= 11 is 0. The van der Waals surface area contributed by atoms with E-state index in [1.165, 1.54) is 148 Å². The van der Waals surface area contributed by atoms with Gasteiger partial charge in [-0.15, -0.1) is 0 Å². The third-order valence-electron chi connectivity index (χ3n) is 10.3. The van der Waals surface area contributed by atoms with Gasteiger partial charge < -0.3 is 27.9 Å². The molecule has 0 aromatic heterocycles. The van der Waals surface area contributed by atoms with E-state index in [1.54, 1.807) is 0 Å². The van der Waals surface area contributed by atoms with E-state index in [-0.39, 0.29) is 32.0 Å². The lowest BCUT2D eigenvalue weighted by molar-refractivity contribution is -0.870. The zero-order valence-electron chi connectivity index (χ0n) is 37.3. The number of carbonyl (C=O) groups is 2. The summed E-state index contributed by atoms with van der Waals surface area (Å²) in [4.78, 5) is 37.6. The van der Waals surface area contributed by atoms with E-state index < -0.39 is 26.5 Å². The predicted molar refractivity (Wildman–Crippen MR) is 231 cm³/mol. The van der Waals surface area contributed by atoms with E-state index in [2.05, 4.69) is 26.0 Å². The third kappa shape index (κ3) is 42.4. The second kappa shape index (κ2) is 39.2. The largest absolute Gasteiger partial charge is 0.756 e. The van der Waals surface area contributed by atoms with E-state index in [4.69, 9.17) is 18.5 Å². The first-order valence-electron chi connectivity index (χ1n) is 23.4. The minimum Gasteiger partial charge on any atom is -0.756 e. The number of phosphoric ester groups is 1. The lowest BCUT2D eigenvalue weighted by Gasteiger charge is -2.28. The summed E-state index contributed by atoms with van der Waals surface area (Å²) in [5, 5.41) is 0. The highest BCUT2D eigenvalue weighted by Gasteiger charge is 2.21. The number of esters is 2. The Morgan fingerprint density at radius 3 is 1.36 bits per heavy atom. The Labute approximate surface area is 346 Å². The van der Waals surface area contributed by atoms with Crippen LogP contribution in [0.3, 0.4) is 0 Å². The molecule has 0 aliphatic rings. The summed E-state index contributed by atoms with van der Waals surface area (Å²) in [7, 11) is 1.17. The summed E-state index contributed by atoms with van der Waals surface area (Å²) in [5.74, 6) is -0.826. The van der Waals surface area contributed by atoms with Gasteiger partial charge >= 0.3 is 11.9 Å². The highest BCUT2D eigenvalue weighted by molar-refractivity contribution is 7.45. The van der Waals surface area contributed by atoms with Gasteiger partial charge in [-0.05, 0) is 38.5 Å². The summed E-state index contributed by atoms with van der Waals surface area (Å²) in [6.07, 6.45) is 40.9. The van der Waals surface area contributed by atoms with Crippen LogP contribution in [0, 0.1) is 0 Å². The number of ether oxygens (including phenoxy) is 2. The Morgan fingerprint density at radius 2 is 0.911 bits per heavy atom. The smallest absolute Gasteiger partial charge is 0.306 e. The maximum atomic E-state index is 12.7. The molecule has 0 aliphatic heterocycles. The van der Waals surface area contributed by atoms with Gasteiger partial charge in [0.15, 0.2) is 6.10 Å². The third-order valence-corrected chi connectivity index (χ3v) is 11.2. The number of nitrogens with zero attached hydrogens (tertiary/aromatic N) is 1. The van der Waals surface area contributed by atoms with Gasteiger partial charge in [0, 0.05) is 12.8 Å². The number of phosphoric acid groups is 1. The fraction of sp³-hybridized carbons (Fsp3) is 0.913. The Morgan fingerprint density at radius 1 is 0.536 bits per heavy atom. The molecule has 0 amide bonds. The molecule has 0 aromatic carbocycles. The van der Waals surface area contributed by atoms with E-state index in [0.29, 0.717) is 17.4 Å².